The number of rotatable bonds is 5. The molecule has 1 saturated heterocycles. The molecule has 8 heteroatoms. The van der Waals surface area contributed by atoms with Gasteiger partial charge in [-0.15, -0.1) is 0 Å². The molecule has 0 aromatic heterocycles. The minimum absolute atomic E-state index is 0.186. The van der Waals surface area contributed by atoms with Gasteiger partial charge in [0.15, 0.2) is 0 Å². The first-order chi connectivity index (χ1) is 14.0. The second-order valence-corrected chi connectivity index (χ2v) is 11.6. The Balaban J connectivity index is 1.87. The van der Waals surface area contributed by atoms with Gasteiger partial charge in [0, 0.05) is 18.8 Å². The van der Waals surface area contributed by atoms with Crippen LogP contribution in [0.2, 0.25) is 0 Å². The lowest BCUT2D eigenvalue weighted by atomic mass is 10.0. The van der Waals surface area contributed by atoms with Crippen molar-refractivity contribution in [3.05, 3.63) is 52.6 Å². The highest BCUT2D eigenvalue weighted by Gasteiger charge is 2.26. The summed E-state index contributed by atoms with van der Waals surface area (Å²) in [6, 6.07) is 7.94. The molecule has 6 nitrogen and oxygen atoms in total. The fraction of sp³-hybridized carbons (Fsp3) is 0.455. The molecule has 0 saturated carbocycles. The molecule has 0 bridgehead atoms. The van der Waals surface area contributed by atoms with E-state index in [1.54, 1.807) is 13.8 Å². The zero-order chi connectivity index (χ0) is 22.1. The molecule has 0 amide bonds. The number of anilines is 1. The average molecular weight is 451 g/mol. The third-order valence-corrected chi connectivity index (χ3v) is 9.44. The third-order valence-electron chi connectivity index (χ3n) is 5.88. The van der Waals surface area contributed by atoms with Crippen LogP contribution in [0.4, 0.5) is 5.69 Å². The molecule has 0 spiro atoms. The topological polar surface area (TPSA) is 83.5 Å². The van der Waals surface area contributed by atoms with Gasteiger partial charge >= 0.3 is 0 Å². The summed E-state index contributed by atoms with van der Waals surface area (Å²) in [5.41, 5.74) is 3.59. The Morgan fingerprint density at radius 3 is 1.77 bits per heavy atom. The number of sulfonamides is 2. The molecule has 1 aliphatic rings. The molecule has 164 valence electrons. The van der Waals surface area contributed by atoms with E-state index < -0.39 is 20.0 Å². The van der Waals surface area contributed by atoms with Crippen LogP contribution in [0.5, 0.6) is 0 Å². The van der Waals surface area contributed by atoms with Crippen molar-refractivity contribution in [3.63, 3.8) is 0 Å². The van der Waals surface area contributed by atoms with Gasteiger partial charge < -0.3 is 0 Å². The van der Waals surface area contributed by atoms with Crippen molar-refractivity contribution in [2.24, 2.45) is 0 Å². The Morgan fingerprint density at radius 1 is 0.767 bits per heavy atom. The van der Waals surface area contributed by atoms with Crippen molar-refractivity contribution in [1.82, 2.24) is 4.31 Å². The van der Waals surface area contributed by atoms with Crippen molar-refractivity contribution in [1.29, 1.82) is 0 Å². The number of hydrogen-bond acceptors (Lipinski definition) is 4. The SMILES string of the molecule is Cc1cc(C)c(C)c(S(=O)(=O)Nc2ccc(S(=O)(=O)N3CCCCCC3)cc2)c1C. The van der Waals surface area contributed by atoms with E-state index in [0.29, 0.717) is 29.9 Å². The zero-order valence-corrected chi connectivity index (χ0v) is 19.7. The van der Waals surface area contributed by atoms with E-state index in [4.69, 9.17) is 0 Å². The van der Waals surface area contributed by atoms with Gasteiger partial charge in [-0.25, -0.2) is 16.8 Å². The van der Waals surface area contributed by atoms with E-state index in [9.17, 15) is 16.8 Å². The molecular weight excluding hydrogens is 420 g/mol. The summed E-state index contributed by atoms with van der Waals surface area (Å²) in [6.45, 7) is 8.44. The molecule has 1 fully saturated rings. The first kappa shape index (κ1) is 22.8. The molecular formula is C22H30N2O4S2. The maximum absolute atomic E-state index is 13.1. The molecule has 0 aliphatic carbocycles. The molecule has 0 radical (unpaired) electrons. The summed E-state index contributed by atoms with van der Waals surface area (Å²) >= 11 is 0. The van der Waals surface area contributed by atoms with Gasteiger partial charge in [0.25, 0.3) is 10.0 Å². The van der Waals surface area contributed by atoms with Crippen LogP contribution in [0.3, 0.4) is 0 Å². The average Bonchev–Trinajstić information content (AvgIpc) is 2.96. The quantitative estimate of drug-likeness (QED) is 0.737. The molecule has 1 aliphatic heterocycles. The van der Waals surface area contributed by atoms with Crippen molar-refractivity contribution in [2.45, 2.75) is 63.2 Å². The molecule has 2 aromatic rings. The molecule has 30 heavy (non-hydrogen) atoms. The predicted molar refractivity (Wildman–Crippen MR) is 120 cm³/mol. The summed E-state index contributed by atoms with van der Waals surface area (Å²) in [5, 5.41) is 0. The molecule has 0 unspecified atom stereocenters. The van der Waals surface area contributed by atoms with Gasteiger partial charge in [0.05, 0.1) is 9.79 Å². The van der Waals surface area contributed by atoms with Crippen LogP contribution < -0.4 is 4.72 Å². The Labute approximate surface area is 180 Å². The minimum Gasteiger partial charge on any atom is -0.280 e. The van der Waals surface area contributed by atoms with Crippen LogP contribution in [-0.4, -0.2) is 34.2 Å². The first-order valence-corrected chi connectivity index (χ1v) is 13.2. The Hall–Kier alpha value is -1.90. The lowest BCUT2D eigenvalue weighted by Crippen LogP contribution is -2.31. The fourth-order valence-corrected chi connectivity index (χ4v) is 7.11. The third kappa shape index (κ3) is 4.55. The van der Waals surface area contributed by atoms with Gasteiger partial charge in [-0.1, -0.05) is 18.9 Å². The van der Waals surface area contributed by atoms with Crippen LogP contribution in [0.1, 0.15) is 47.9 Å². The normalized spacial score (nSPS) is 16.3. The number of benzene rings is 2. The highest BCUT2D eigenvalue weighted by molar-refractivity contribution is 7.92. The van der Waals surface area contributed by atoms with Crippen LogP contribution in [0.25, 0.3) is 0 Å². The van der Waals surface area contributed by atoms with E-state index in [1.165, 1.54) is 28.6 Å². The van der Waals surface area contributed by atoms with E-state index in [-0.39, 0.29) is 9.79 Å². The van der Waals surface area contributed by atoms with Crippen molar-refractivity contribution in [3.8, 4) is 0 Å². The van der Waals surface area contributed by atoms with Crippen LogP contribution in [-0.2, 0) is 20.0 Å². The lowest BCUT2D eigenvalue weighted by Gasteiger charge is -2.20. The number of nitrogens with one attached hydrogen (secondary N) is 1. The van der Waals surface area contributed by atoms with Crippen LogP contribution in [0.15, 0.2) is 40.1 Å². The maximum atomic E-state index is 13.1. The molecule has 1 N–H and O–H groups in total. The number of hydrogen-bond donors (Lipinski definition) is 1. The van der Waals surface area contributed by atoms with E-state index in [2.05, 4.69) is 4.72 Å². The Kier molecular flexibility index (Phi) is 6.60. The van der Waals surface area contributed by atoms with Crippen molar-refractivity contribution in [2.75, 3.05) is 17.8 Å². The van der Waals surface area contributed by atoms with E-state index >= 15 is 0 Å². The van der Waals surface area contributed by atoms with Gasteiger partial charge in [0.2, 0.25) is 10.0 Å². The summed E-state index contributed by atoms with van der Waals surface area (Å²) < 4.78 is 56.1. The monoisotopic (exact) mass is 450 g/mol. The lowest BCUT2D eigenvalue weighted by molar-refractivity contribution is 0.424. The van der Waals surface area contributed by atoms with Gasteiger partial charge in [0.1, 0.15) is 0 Å². The maximum Gasteiger partial charge on any atom is 0.262 e. The molecule has 1 heterocycles. The highest BCUT2D eigenvalue weighted by atomic mass is 32.2. The van der Waals surface area contributed by atoms with E-state index in [0.717, 1.165) is 36.8 Å². The van der Waals surface area contributed by atoms with Gasteiger partial charge in [-0.05, 0) is 87.1 Å². The van der Waals surface area contributed by atoms with Gasteiger partial charge in [-0.3, -0.25) is 4.72 Å². The van der Waals surface area contributed by atoms with Crippen LogP contribution in [0, 0.1) is 27.7 Å². The molecule has 2 aromatic carbocycles. The molecule has 3 rings (SSSR count). The second-order valence-electron chi connectivity index (χ2n) is 8.04. The zero-order valence-electron chi connectivity index (χ0n) is 18.0. The Bertz CT molecular complexity index is 1100. The highest BCUT2D eigenvalue weighted by Crippen LogP contribution is 2.28. The number of aryl methyl sites for hydroxylation is 2. The summed E-state index contributed by atoms with van der Waals surface area (Å²) in [4.78, 5) is 0.465. The standard InChI is InChI=1S/C22H30N2O4S2/c1-16-15-17(2)19(4)22(18(16)3)29(25,26)23-20-9-11-21(12-10-20)30(27,28)24-13-7-5-6-8-14-24/h9-12,15,23H,5-8,13-14H2,1-4H3. The van der Waals surface area contributed by atoms with Crippen molar-refractivity contribution < 1.29 is 16.8 Å². The summed E-state index contributed by atoms with van der Waals surface area (Å²) in [5.74, 6) is 0. The summed E-state index contributed by atoms with van der Waals surface area (Å²) in [7, 11) is -7.37. The Morgan fingerprint density at radius 2 is 1.27 bits per heavy atom. The predicted octanol–water partition coefficient (Wildman–Crippen LogP) is 4.29. The van der Waals surface area contributed by atoms with Crippen molar-refractivity contribution >= 4 is 25.7 Å². The second kappa shape index (κ2) is 8.69. The summed E-state index contributed by atoms with van der Waals surface area (Å²) in [6.07, 6.45) is 3.82. The number of nitrogens with zero attached hydrogens (tertiary/aromatic N) is 1. The largest absolute Gasteiger partial charge is 0.280 e. The van der Waals surface area contributed by atoms with Crippen LogP contribution >= 0.6 is 0 Å². The minimum atomic E-state index is -3.80. The fourth-order valence-electron chi connectivity index (χ4n) is 3.92. The molecule has 0 atom stereocenters. The van der Waals surface area contributed by atoms with Gasteiger partial charge in [-0.2, -0.15) is 4.31 Å². The smallest absolute Gasteiger partial charge is 0.262 e. The first-order valence-electron chi connectivity index (χ1n) is 10.2. The van der Waals surface area contributed by atoms with E-state index in [1.807, 2.05) is 19.9 Å².